The lowest BCUT2D eigenvalue weighted by Crippen LogP contribution is -3.00. The molecule has 2 aromatic carbocycles. The second kappa shape index (κ2) is 6.70. The largest absolute Gasteiger partial charge is 1.00 e. The van der Waals surface area contributed by atoms with Crippen LogP contribution in [0.25, 0.3) is 21.9 Å². The van der Waals surface area contributed by atoms with Crippen molar-refractivity contribution in [2.45, 2.75) is 19.9 Å². The summed E-state index contributed by atoms with van der Waals surface area (Å²) in [5.74, 6) is 1.93. The minimum absolute atomic E-state index is 0. The molecular weight excluding hydrogens is 455 g/mol. The van der Waals surface area contributed by atoms with Crippen molar-refractivity contribution in [2.24, 2.45) is 0 Å². The Hall–Kier alpha value is -1.86. The molecule has 26 heavy (non-hydrogen) atoms. The van der Waals surface area contributed by atoms with Gasteiger partial charge in [0, 0.05) is 19.0 Å². The SMILES string of the molecule is C=Cc1ccc2c(c1)O/C(=C1/CC[n+]3c1sc1ccccc13)N2CC.[I-]. The van der Waals surface area contributed by atoms with Crippen molar-refractivity contribution >= 4 is 38.9 Å². The molecule has 0 atom stereocenters. The molecular formula is C21H19IN2OS. The van der Waals surface area contributed by atoms with Crippen molar-refractivity contribution in [3.05, 3.63) is 65.5 Å². The number of allylic oxidation sites excluding steroid dienone is 1. The monoisotopic (exact) mass is 474 g/mol. The lowest BCUT2D eigenvalue weighted by Gasteiger charge is -2.16. The Morgan fingerprint density at radius 1 is 1.27 bits per heavy atom. The molecule has 3 nitrogen and oxygen atoms in total. The van der Waals surface area contributed by atoms with Crippen LogP contribution in [0.2, 0.25) is 0 Å². The molecule has 0 radical (unpaired) electrons. The summed E-state index contributed by atoms with van der Waals surface area (Å²) in [4.78, 5) is 2.29. The summed E-state index contributed by atoms with van der Waals surface area (Å²) in [5.41, 5.74) is 4.88. The molecule has 5 rings (SSSR count). The minimum atomic E-state index is 0. The Kier molecular flexibility index (Phi) is 4.52. The van der Waals surface area contributed by atoms with E-state index < -0.39 is 0 Å². The van der Waals surface area contributed by atoms with E-state index in [1.54, 1.807) is 0 Å². The molecule has 3 heterocycles. The van der Waals surface area contributed by atoms with Gasteiger partial charge in [-0.15, -0.1) is 0 Å². The predicted molar refractivity (Wildman–Crippen MR) is 104 cm³/mol. The smallest absolute Gasteiger partial charge is 0.271 e. The zero-order chi connectivity index (χ0) is 17.0. The molecule has 0 bridgehead atoms. The second-order valence-corrected chi connectivity index (χ2v) is 7.37. The topological polar surface area (TPSA) is 16.4 Å². The maximum absolute atomic E-state index is 6.34. The van der Waals surface area contributed by atoms with Crippen molar-refractivity contribution in [3.8, 4) is 5.75 Å². The van der Waals surface area contributed by atoms with Crippen LogP contribution in [-0.2, 0) is 6.54 Å². The number of ether oxygens (including phenoxy) is 1. The Balaban J connectivity index is 0.00000168. The fourth-order valence-corrected chi connectivity index (χ4v) is 5.03. The number of aromatic nitrogens is 1. The number of hydrogen-bond acceptors (Lipinski definition) is 3. The van der Waals surface area contributed by atoms with Gasteiger partial charge in [0.25, 0.3) is 5.01 Å². The maximum Gasteiger partial charge on any atom is 0.271 e. The minimum Gasteiger partial charge on any atom is -1.00 e. The fourth-order valence-electron chi connectivity index (χ4n) is 3.78. The van der Waals surface area contributed by atoms with Gasteiger partial charge < -0.3 is 33.6 Å². The molecule has 0 aliphatic carbocycles. The molecule has 0 fully saturated rings. The number of para-hydroxylation sites is 1. The number of hydrogen-bond donors (Lipinski definition) is 0. The van der Waals surface area contributed by atoms with Crippen LogP contribution in [0.15, 0.2) is 54.9 Å². The molecule has 0 saturated carbocycles. The van der Waals surface area contributed by atoms with Gasteiger partial charge in [0.05, 0.1) is 5.69 Å². The molecule has 1 aromatic heterocycles. The average Bonchev–Trinajstić information content (AvgIpc) is 3.31. The zero-order valence-corrected chi connectivity index (χ0v) is 17.5. The maximum atomic E-state index is 6.34. The third-order valence-corrected chi connectivity index (χ3v) is 6.21. The van der Waals surface area contributed by atoms with E-state index in [2.05, 4.69) is 65.4 Å². The predicted octanol–water partition coefficient (Wildman–Crippen LogP) is 1.83. The number of nitrogens with zero attached hydrogens (tertiary/aromatic N) is 2. The first-order chi connectivity index (χ1) is 12.3. The highest BCUT2D eigenvalue weighted by Crippen LogP contribution is 2.44. The zero-order valence-electron chi connectivity index (χ0n) is 14.5. The van der Waals surface area contributed by atoms with Crippen molar-refractivity contribution in [1.29, 1.82) is 0 Å². The van der Waals surface area contributed by atoms with Crippen LogP contribution in [0.5, 0.6) is 5.75 Å². The van der Waals surface area contributed by atoms with Crippen LogP contribution in [0.3, 0.4) is 0 Å². The fraction of sp³-hybridized carbons (Fsp3) is 0.190. The number of rotatable bonds is 2. The normalized spacial score (nSPS) is 17.7. The number of aryl methyl sites for hydroxylation is 1. The molecule has 3 aromatic rings. The van der Waals surface area contributed by atoms with E-state index >= 15 is 0 Å². The number of benzene rings is 2. The van der Waals surface area contributed by atoms with Gasteiger partial charge in [-0.1, -0.05) is 42.2 Å². The molecule has 132 valence electrons. The number of fused-ring (bicyclic) bond motifs is 4. The lowest BCUT2D eigenvalue weighted by atomic mass is 10.2. The number of anilines is 1. The van der Waals surface area contributed by atoms with E-state index in [9.17, 15) is 0 Å². The van der Waals surface area contributed by atoms with Gasteiger partial charge in [0.2, 0.25) is 11.4 Å². The highest BCUT2D eigenvalue weighted by molar-refractivity contribution is 7.19. The summed E-state index contributed by atoms with van der Waals surface area (Å²) in [5, 5.41) is 1.33. The Morgan fingerprint density at radius 2 is 2.12 bits per heavy atom. The molecule has 0 spiro atoms. The summed E-state index contributed by atoms with van der Waals surface area (Å²) in [6, 6.07) is 14.9. The molecule has 0 amide bonds. The Labute approximate surface area is 174 Å². The number of thiazole rings is 1. The second-order valence-electron chi connectivity index (χ2n) is 6.34. The van der Waals surface area contributed by atoms with Gasteiger partial charge in [0.1, 0.15) is 10.3 Å². The van der Waals surface area contributed by atoms with Crippen LogP contribution < -0.4 is 38.2 Å². The van der Waals surface area contributed by atoms with Gasteiger partial charge in [-0.25, -0.2) is 0 Å². The first-order valence-corrected chi connectivity index (χ1v) is 9.48. The van der Waals surface area contributed by atoms with E-state index in [4.69, 9.17) is 4.74 Å². The third-order valence-electron chi connectivity index (χ3n) is 4.99. The van der Waals surface area contributed by atoms with Crippen molar-refractivity contribution in [1.82, 2.24) is 0 Å². The highest BCUT2D eigenvalue weighted by Gasteiger charge is 2.38. The average molecular weight is 474 g/mol. The van der Waals surface area contributed by atoms with E-state index in [0.717, 1.165) is 42.4 Å². The molecule has 0 unspecified atom stereocenters. The van der Waals surface area contributed by atoms with Crippen molar-refractivity contribution < 1.29 is 33.3 Å². The first kappa shape index (κ1) is 17.5. The number of halogens is 1. The standard InChI is InChI=1S/C21H19N2OS.HI/c1-3-14-9-10-16-18(13-14)24-20(22(16)4-2)15-11-12-23-17-7-5-6-8-19(17)25-21(15)23;/h3,5-10,13H,1,4,11-12H2,2H3;1H/q+1;/p-1. The van der Waals surface area contributed by atoms with Gasteiger partial charge in [-0.3, -0.25) is 0 Å². The van der Waals surface area contributed by atoms with Crippen LogP contribution >= 0.6 is 11.3 Å². The molecule has 5 heteroatoms. The van der Waals surface area contributed by atoms with Crippen LogP contribution in [-0.4, -0.2) is 6.54 Å². The molecule has 2 aliphatic heterocycles. The molecule has 2 aliphatic rings. The van der Waals surface area contributed by atoms with E-state index in [1.807, 2.05) is 17.4 Å². The van der Waals surface area contributed by atoms with E-state index in [-0.39, 0.29) is 24.0 Å². The van der Waals surface area contributed by atoms with Crippen LogP contribution in [0.4, 0.5) is 5.69 Å². The molecule has 0 N–H and O–H groups in total. The Bertz CT molecular complexity index is 1050. The Morgan fingerprint density at radius 3 is 2.92 bits per heavy atom. The van der Waals surface area contributed by atoms with E-state index in [1.165, 1.54) is 20.8 Å². The highest BCUT2D eigenvalue weighted by atomic mass is 127. The summed E-state index contributed by atoms with van der Waals surface area (Å²) in [7, 11) is 0. The summed E-state index contributed by atoms with van der Waals surface area (Å²) >= 11 is 1.86. The first-order valence-electron chi connectivity index (χ1n) is 8.67. The third kappa shape index (κ3) is 2.48. The van der Waals surface area contributed by atoms with Crippen molar-refractivity contribution in [2.75, 3.05) is 11.4 Å². The quantitative estimate of drug-likeness (QED) is 0.417. The summed E-state index contributed by atoms with van der Waals surface area (Å²) in [6.07, 6.45) is 2.88. The van der Waals surface area contributed by atoms with Gasteiger partial charge in [0.15, 0.2) is 12.3 Å². The van der Waals surface area contributed by atoms with Gasteiger partial charge in [-0.2, -0.15) is 4.57 Å². The molecule has 0 saturated heterocycles. The van der Waals surface area contributed by atoms with Gasteiger partial charge in [-0.05, 0) is 30.7 Å². The van der Waals surface area contributed by atoms with E-state index in [0.29, 0.717) is 0 Å². The lowest BCUT2D eigenvalue weighted by molar-refractivity contribution is -0.659. The van der Waals surface area contributed by atoms with Gasteiger partial charge >= 0.3 is 0 Å². The van der Waals surface area contributed by atoms with Crippen LogP contribution in [0.1, 0.15) is 23.9 Å². The summed E-state index contributed by atoms with van der Waals surface area (Å²) in [6.45, 7) is 7.95. The van der Waals surface area contributed by atoms with Crippen LogP contribution in [0, 0.1) is 0 Å². The summed E-state index contributed by atoms with van der Waals surface area (Å²) < 4.78 is 10.1. The van der Waals surface area contributed by atoms with Crippen molar-refractivity contribution in [3.63, 3.8) is 0 Å².